The summed E-state index contributed by atoms with van der Waals surface area (Å²) in [5.74, 6) is 6.33. The van der Waals surface area contributed by atoms with Gasteiger partial charge in [0.05, 0.1) is 11.0 Å². The topological polar surface area (TPSA) is 78.0 Å². The van der Waals surface area contributed by atoms with E-state index in [1.165, 1.54) is 0 Å². The first-order valence-electron chi connectivity index (χ1n) is 8.90. The van der Waals surface area contributed by atoms with Gasteiger partial charge >= 0.3 is 0 Å². The van der Waals surface area contributed by atoms with Crippen LogP contribution in [-0.4, -0.2) is 33.1 Å². The van der Waals surface area contributed by atoms with Crippen LogP contribution in [0.3, 0.4) is 0 Å². The van der Waals surface area contributed by atoms with Gasteiger partial charge in [-0.2, -0.15) is 0 Å². The van der Waals surface area contributed by atoms with Gasteiger partial charge in [0.1, 0.15) is 11.4 Å². The number of aliphatic hydroxyl groups is 1. The summed E-state index contributed by atoms with van der Waals surface area (Å²) in [6.45, 7) is 5.76. The van der Waals surface area contributed by atoms with Crippen LogP contribution in [0.15, 0.2) is 42.5 Å². The van der Waals surface area contributed by atoms with Crippen LogP contribution in [0, 0.1) is 18.8 Å². The highest BCUT2D eigenvalue weighted by atomic mass is 16.3. The fraction of sp³-hybridized carbons (Fsp3) is 0.273. The molecule has 0 spiro atoms. The van der Waals surface area contributed by atoms with Gasteiger partial charge in [0, 0.05) is 24.1 Å². The van der Waals surface area contributed by atoms with E-state index in [-0.39, 0.29) is 5.91 Å². The molecule has 5 nitrogen and oxygen atoms in total. The molecule has 0 atom stereocenters. The molecule has 3 N–H and O–H groups in total. The third kappa shape index (κ3) is 4.96. The second-order valence-electron chi connectivity index (χ2n) is 7.05. The molecule has 0 aliphatic carbocycles. The Morgan fingerprint density at radius 2 is 2.04 bits per heavy atom. The normalized spacial score (nSPS) is 11.1. The third-order valence-electron chi connectivity index (χ3n) is 4.05. The third-order valence-corrected chi connectivity index (χ3v) is 4.05. The number of rotatable bonds is 4. The number of benzene rings is 2. The molecule has 1 aromatic heterocycles. The molecular formula is C22H23N3O2. The maximum Gasteiger partial charge on any atom is 0.251 e. The van der Waals surface area contributed by atoms with E-state index < -0.39 is 5.60 Å². The van der Waals surface area contributed by atoms with Crippen molar-refractivity contribution in [1.29, 1.82) is 0 Å². The molecule has 0 aliphatic rings. The monoisotopic (exact) mass is 361 g/mol. The molecule has 1 amide bonds. The number of nitrogens with one attached hydrogen (secondary N) is 2. The average Bonchev–Trinajstić information content (AvgIpc) is 3.04. The van der Waals surface area contributed by atoms with Crippen molar-refractivity contribution < 1.29 is 9.90 Å². The number of aryl methyl sites for hydroxylation is 1. The molecule has 1 heterocycles. The predicted octanol–water partition coefficient (Wildman–Crippen LogP) is 2.97. The molecule has 27 heavy (non-hydrogen) atoms. The van der Waals surface area contributed by atoms with Crippen molar-refractivity contribution in [2.75, 3.05) is 6.54 Å². The van der Waals surface area contributed by atoms with Crippen LogP contribution >= 0.6 is 0 Å². The number of nitrogens with zero attached hydrogens (tertiary/aromatic N) is 1. The van der Waals surface area contributed by atoms with E-state index in [2.05, 4.69) is 27.1 Å². The van der Waals surface area contributed by atoms with Crippen LogP contribution in [0.1, 0.15) is 41.2 Å². The lowest BCUT2D eigenvalue weighted by molar-refractivity contribution is 0.0954. The van der Waals surface area contributed by atoms with E-state index in [4.69, 9.17) is 0 Å². The van der Waals surface area contributed by atoms with Crippen LogP contribution < -0.4 is 5.32 Å². The molecule has 0 saturated heterocycles. The van der Waals surface area contributed by atoms with Crippen LogP contribution in [0.4, 0.5) is 0 Å². The lowest BCUT2D eigenvalue weighted by Crippen LogP contribution is -2.26. The summed E-state index contributed by atoms with van der Waals surface area (Å²) in [4.78, 5) is 20.3. The second kappa shape index (κ2) is 7.65. The highest BCUT2D eigenvalue weighted by molar-refractivity contribution is 5.94. The summed E-state index contributed by atoms with van der Waals surface area (Å²) in [5, 5.41) is 12.6. The molecule has 0 saturated carbocycles. The summed E-state index contributed by atoms with van der Waals surface area (Å²) in [7, 11) is 0. The number of aromatic amines is 1. The molecule has 0 unspecified atom stereocenters. The first kappa shape index (κ1) is 18.7. The highest BCUT2D eigenvalue weighted by Gasteiger charge is 2.09. The van der Waals surface area contributed by atoms with E-state index in [9.17, 15) is 9.90 Å². The molecule has 138 valence electrons. The molecular weight excluding hydrogens is 338 g/mol. The molecule has 3 rings (SSSR count). The second-order valence-corrected chi connectivity index (χ2v) is 7.05. The van der Waals surface area contributed by atoms with E-state index in [0.29, 0.717) is 24.1 Å². The fourth-order valence-electron chi connectivity index (χ4n) is 2.70. The number of carbonyl (C=O) groups is 1. The zero-order chi connectivity index (χ0) is 19.4. The van der Waals surface area contributed by atoms with Crippen molar-refractivity contribution in [3.63, 3.8) is 0 Å². The Labute approximate surface area is 158 Å². The lowest BCUT2D eigenvalue weighted by atomic mass is 10.1. The quantitative estimate of drug-likeness (QED) is 0.625. The van der Waals surface area contributed by atoms with Gasteiger partial charge in [-0.05, 0) is 50.6 Å². The summed E-state index contributed by atoms with van der Waals surface area (Å²) < 4.78 is 0. The van der Waals surface area contributed by atoms with Gasteiger partial charge in [-0.1, -0.05) is 30.0 Å². The van der Waals surface area contributed by atoms with Crippen LogP contribution in [0.5, 0.6) is 0 Å². The molecule has 0 radical (unpaired) electrons. The van der Waals surface area contributed by atoms with Crippen molar-refractivity contribution in [2.45, 2.75) is 32.8 Å². The van der Waals surface area contributed by atoms with E-state index in [0.717, 1.165) is 22.4 Å². The molecule has 0 bridgehead atoms. The van der Waals surface area contributed by atoms with Crippen LogP contribution in [-0.2, 0) is 6.42 Å². The van der Waals surface area contributed by atoms with Crippen molar-refractivity contribution in [3.05, 3.63) is 65.0 Å². The number of H-pyrrole nitrogens is 1. The maximum atomic E-state index is 12.4. The van der Waals surface area contributed by atoms with Crippen molar-refractivity contribution >= 4 is 16.9 Å². The molecule has 2 aromatic carbocycles. The maximum absolute atomic E-state index is 12.4. The van der Waals surface area contributed by atoms with E-state index >= 15 is 0 Å². The van der Waals surface area contributed by atoms with Gasteiger partial charge in [0.15, 0.2) is 0 Å². The van der Waals surface area contributed by atoms with Gasteiger partial charge in [-0.3, -0.25) is 4.79 Å². The van der Waals surface area contributed by atoms with E-state index in [1.807, 2.05) is 31.2 Å². The molecule has 0 aliphatic heterocycles. The Hall–Kier alpha value is -3.10. The highest BCUT2D eigenvalue weighted by Crippen LogP contribution is 2.15. The summed E-state index contributed by atoms with van der Waals surface area (Å²) >= 11 is 0. The lowest BCUT2D eigenvalue weighted by Gasteiger charge is -2.06. The fourth-order valence-corrected chi connectivity index (χ4v) is 2.70. The molecule has 3 aromatic rings. The number of carbonyl (C=O) groups excluding carboxylic acids is 1. The Morgan fingerprint density at radius 3 is 2.78 bits per heavy atom. The number of para-hydroxylation sites is 1. The Morgan fingerprint density at radius 1 is 1.26 bits per heavy atom. The molecule has 5 heteroatoms. The Kier molecular flexibility index (Phi) is 5.29. The van der Waals surface area contributed by atoms with Crippen LogP contribution in [0.2, 0.25) is 0 Å². The Balaban J connectivity index is 1.62. The van der Waals surface area contributed by atoms with Crippen molar-refractivity contribution in [2.24, 2.45) is 0 Å². The molecule has 0 fully saturated rings. The minimum atomic E-state index is -1.07. The van der Waals surface area contributed by atoms with Crippen molar-refractivity contribution in [3.8, 4) is 11.8 Å². The van der Waals surface area contributed by atoms with Gasteiger partial charge in [-0.15, -0.1) is 0 Å². The number of imidazole rings is 1. The summed E-state index contributed by atoms with van der Waals surface area (Å²) in [6.07, 6.45) is 0.623. The number of fused-ring (bicyclic) bond motifs is 1. The van der Waals surface area contributed by atoms with Gasteiger partial charge in [-0.25, -0.2) is 4.98 Å². The van der Waals surface area contributed by atoms with E-state index in [1.54, 1.807) is 32.0 Å². The number of aromatic nitrogens is 2. The standard InChI is InChI=1S/C22H23N3O2/c1-15-6-4-9-18-20(15)25-19(24-18)11-13-23-21(26)17-8-5-7-16(14-17)10-12-22(2,3)27/h4-9,14,27H,11,13H2,1-3H3,(H,23,26)(H,24,25). The van der Waals surface area contributed by atoms with Gasteiger partial charge < -0.3 is 15.4 Å². The van der Waals surface area contributed by atoms with Gasteiger partial charge in [0.25, 0.3) is 5.91 Å². The average molecular weight is 361 g/mol. The minimum absolute atomic E-state index is 0.158. The van der Waals surface area contributed by atoms with Crippen LogP contribution in [0.25, 0.3) is 11.0 Å². The number of hydrogen-bond acceptors (Lipinski definition) is 3. The first-order valence-corrected chi connectivity index (χ1v) is 8.90. The largest absolute Gasteiger partial charge is 0.378 e. The van der Waals surface area contributed by atoms with Gasteiger partial charge in [0.2, 0.25) is 0 Å². The minimum Gasteiger partial charge on any atom is -0.378 e. The summed E-state index contributed by atoms with van der Waals surface area (Å²) in [6, 6.07) is 13.1. The summed E-state index contributed by atoms with van der Waals surface area (Å²) in [5.41, 5.74) is 3.27. The van der Waals surface area contributed by atoms with Crippen molar-refractivity contribution in [1.82, 2.24) is 15.3 Å². The zero-order valence-corrected chi connectivity index (χ0v) is 15.8. The Bertz CT molecular complexity index is 1030. The smallest absolute Gasteiger partial charge is 0.251 e. The first-order chi connectivity index (χ1) is 12.8. The predicted molar refractivity (Wildman–Crippen MR) is 106 cm³/mol. The SMILES string of the molecule is Cc1cccc2[nH]c(CCNC(=O)c3cccc(C#CC(C)(C)O)c3)nc12. The zero-order valence-electron chi connectivity index (χ0n) is 15.8. The number of amides is 1. The number of hydrogen-bond donors (Lipinski definition) is 3.